The van der Waals surface area contributed by atoms with Gasteiger partial charge in [-0.05, 0) is 23.8 Å². The van der Waals surface area contributed by atoms with Crippen molar-refractivity contribution in [3.63, 3.8) is 0 Å². The van der Waals surface area contributed by atoms with Crippen LogP contribution in [0.4, 0.5) is 5.69 Å². The van der Waals surface area contributed by atoms with Gasteiger partial charge in [0.2, 0.25) is 5.91 Å². The summed E-state index contributed by atoms with van der Waals surface area (Å²) in [4.78, 5) is 21.0. The fraction of sp³-hybridized carbons (Fsp3) is 0.182. The molecular weight excluding hydrogens is 224 g/mol. The lowest BCUT2D eigenvalue weighted by atomic mass is 10.2. The summed E-state index contributed by atoms with van der Waals surface area (Å²) in [6.45, 7) is 0.0839. The predicted molar refractivity (Wildman–Crippen MR) is 62.2 cm³/mol. The van der Waals surface area contributed by atoms with E-state index in [-0.39, 0.29) is 24.7 Å². The molecule has 0 saturated heterocycles. The molecule has 1 rings (SSSR count). The largest absolute Gasteiger partial charge is 0.395 e. The molecule has 0 radical (unpaired) electrons. The molecule has 0 saturated carbocycles. The average Bonchev–Trinajstić information content (AvgIpc) is 2.34. The average molecular weight is 236 g/mol. The SMILES string of the molecule is O=C(/C=C/c1ccc([N+](=O)[O-])cc1)NCCO. The molecule has 0 bridgehead atoms. The van der Waals surface area contributed by atoms with Crippen LogP contribution in [-0.2, 0) is 4.79 Å². The zero-order chi connectivity index (χ0) is 12.7. The van der Waals surface area contributed by atoms with Gasteiger partial charge in [-0.3, -0.25) is 14.9 Å². The van der Waals surface area contributed by atoms with Crippen LogP contribution in [0, 0.1) is 10.1 Å². The summed E-state index contributed by atoms with van der Waals surface area (Å²) in [6, 6.07) is 5.83. The van der Waals surface area contributed by atoms with Gasteiger partial charge in [-0.15, -0.1) is 0 Å². The van der Waals surface area contributed by atoms with Gasteiger partial charge in [0.05, 0.1) is 11.5 Å². The summed E-state index contributed by atoms with van der Waals surface area (Å²) in [6.07, 6.45) is 2.84. The fourth-order valence-electron chi connectivity index (χ4n) is 1.12. The number of nitro groups is 1. The maximum Gasteiger partial charge on any atom is 0.269 e. The lowest BCUT2D eigenvalue weighted by Crippen LogP contribution is -2.24. The molecule has 0 aromatic heterocycles. The molecule has 17 heavy (non-hydrogen) atoms. The normalized spacial score (nSPS) is 10.4. The molecule has 6 heteroatoms. The van der Waals surface area contributed by atoms with Gasteiger partial charge in [0.1, 0.15) is 0 Å². The van der Waals surface area contributed by atoms with Gasteiger partial charge in [0.15, 0.2) is 0 Å². The van der Waals surface area contributed by atoms with E-state index in [1.54, 1.807) is 12.1 Å². The van der Waals surface area contributed by atoms with E-state index in [0.29, 0.717) is 5.56 Å². The van der Waals surface area contributed by atoms with Crippen molar-refractivity contribution >= 4 is 17.7 Å². The molecule has 0 heterocycles. The summed E-state index contributed by atoms with van der Waals surface area (Å²) in [7, 11) is 0. The zero-order valence-electron chi connectivity index (χ0n) is 9.00. The smallest absolute Gasteiger partial charge is 0.269 e. The number of carbonyl (C=O) groups is 1. The van der Waals surface area contributed by atoms with E-state index in [1.807, 2.05) is 0 Å². The van der Waals surface area contributed by atoms with Crippen LogP contribution in [0.15, 0.2) is 30.3 Å². The van der Waals surface area contributed by atoms with Crippen LogP contribution in [0.3, 0.4) is 0 Å². The third kappa shape index (κ3) is 4.43. The third-order valence-electron chi connectivity index (χ3n) is 1.94. The monoisotopic (exact) mass is 236 g/mol. The number of amides is 1. The van der Waals surface area contributed by atoms with Crippen LogP contribution >= 0.6 is 0 Å². The Bertz CT molecular complexity index is 426. The summed E-state index contributed by atoms with van der Waals surface area (Å²) >= 11 is 0. The maximum absolute atomic E-state index is 11.1. The van der Waals surface area contributed by atoms with Crippen molar-refractivity contribution in [1.29, 1.82) is 0 Å². The first kappa shape index (κ1) is 12.9. The minimum absolute atomic E-state index is 0.00637. The number of nitrogens with one attached hydrogen (secondary N) is 1. The molecule has 0 spiro atoms. The van der Waals surface area contributed by atoms with Crippen molar-refractivity contribution < 1.29 is 14.8 Å². The van der Waals surface area contributed by atoms with Crippen LogP contribution in [0.5, 0.6) is 0 Å². The molecule has 1 aromatic rings. The van der Waals surface area contributed by atoms with E-state index < -0.39 is 4.92 Å². The first-order chi connectivity index (χ1) is 8.13. The van der Waals surface area contributed by atoms with Gasteiger partial charge in [-0.25, -0.2) is 0 Å². The van der Waals surface area contributed by atoms with Gasteiger partial charge in [-0.1, -0.05) is 0 Å². The van der Waals surface area contributed by atoms with E-state index in [1.165, 1.54) is 24.3 Å². The number of hydrogen-bond donors (Lipinski definition) is 2. The molecule has 1 amide bonds. The summed E-state index contributed by atoms with van der Waals surface area (Å²) in [5.41, 5.74) is 0.696. The number of nitrogens with zero attached hydrogens (tertiary/aromatic N) is 1. The van der Waals surface area contributed by atoms with Crippen molar-refractivity contribution in [3.8, 4) is 0 Å². The molecule has 1 aromatic carbocycles. The number of non-ortho nitro benzene ring substituents is 1. The molecule has 0 unspecified atom stereocenters. The molecule has 0 fully saturated rings. The van der Waals surface area contributed by atoms with E-state index in [0.717, 1.165) is 0 Å². The Balaban J connectivity index is 2.59. The van der Waals surface area contributed by atoms with Crippen LogP contribution in [0.1, 0.15) is 5.56 Å². The highest BCUT2D eigenvalue weighted by atomic mass is 16.6. The van der Waals surface area contributed by atoms with Crippen molar-refractivity contribution in [1.82, 2.24) is 5.32 Å². The molecule has 0 aliphatic carbocycles. The molecule has 0 atom stereocenters. The number of carbonyl (C=O) groups excluding carboxylic acids is 1. The van der Waals surface area contributed by atoms with Gasteiger partial charge in [0, 0.05) is 24.8 Å². The Hall–Kier alpha value is -2.21. The Kier molecular flexibility index (Phi) is 4.83. The highest BCUT2D eigenvalue weighted by molar-refractivity contribution is 5.91. The molecule has 0 aliphatic rings. The van der Waals surface area contributed by atoms with Crippen molar-refractivity contribution in [3.05, 3.63) is 46.0 Å². The van der Waals surface area contributed by atoms with Gasteiger partial charge in [0.25, 0.3) is 5.69 Å². The fourth-order valence-corrected chi connectivity index (χ4v) is 1.12. The van der Waals surface area contributed by atoms with E-state index in [9.17, 15) is 14.9 Å². The molecule has 90 valence electrons. The van der Waals surface area contributed by atoms with E-state index >= 15 is 0 Å². The van der Waals surface area contributed by atoms with Crippen LogP contribution in [0.2, 0.25) is 0 Å². The van der Waals surface area contributed by atoms with Crippen LogP contribution < -0.4 is 5.32 Å². The highest BCUT2D eigenvalue weighted by Gasteiger charge is 2.02. The lowest BCUT2D eigenvalue weighted by molar-refractivity contribution is -0.384. The summed E-state index contributed by atoms with van der Waals surface area (Å²) < 4.78 is 0. The van der Waals surface area contributed by atoms with Gasteiger partial charge >= 0.3 is 0 Å². The Labute approximate surface area is 97.7 Å². The first-order valence-corrected chi connectivity index (χ1v) is 4.94. The van der Waals surface area contributed by atoms with Crippen molar-refractivity contribution in [2.75, 3.05) is 13.2 Å². The Morgan fingerprint density at radius 1 is 1.41 bits per heavy atom. The van der Waals surface area contributed by atoms with Gasteiger partial charge in [-0.2, -0.15) is 0 Å². The number of nitro benzene ring substituents is 1. The number of aliphatic hydroxyl groups is 1. The molecule has 0 aliphatic heterocycles. The minimum atomic E-state index is -0.485. The topological polar surface area (TPSA) is 92.5 Å². The van der Waals surface area contributed by atoms with Gasteiger partial charge < -0.3 is 10.4 Å². The van der Waals surface area contributed by atoms with Crippen molar-refractivity contribution in [2.24, 2.45) is 0 Å². The lowest BCUT2D eigenvalue weighted by Gasteiger charge is -1.97. The molecule has 6 nitrogen and oxygen atoms in total. The number of benzene rings is 1. The highest BCUT2D eigenvalue weighted by Crippen LogP contribution is 2.12. The minimum Gasteiger partial charge on any atom is -0.395 e. The summed E-state index contributed by atoms with van der Waals surface area (Å²) in [5, 5.41) is 21.3. The summed E-state index contributed by atoms with van der Waals surface area (Å²) in [5.74, 6) is -0.322. The quantitative estimate of drug-likeness (QED) is 0.447. The second kappa shape index (κ2) is 6.39. The second-order valence-electron chi connectivity index (χ2n) is 3.20. The van der Waals surface area contributed by atoms with E-state index in [2.05, 4.69) is 5.32 Å². The molecular formula is C11H12N2O4. The Morgan fingerprint density at radius 2 is 2.06 bits per heavy atom. The zero-order valence-corrected chi connectivity index (χ0v) is 9.00. The number of rotatable bonds is 5. The number of hydrogen-bond acceptors (Lipinski definition) is 4. The number of aliphatic hydroxyl groups excluding tert-OH is 1. The Morgan fingerprint density at radius 3 is 2.59 bits per heavy atom. The maximum atomic E-state index is 11.1. The van der Waals surface area contributed by atoms with Crippen LogP contribution in [-0.4, -0.2) is 29.1 Å². The van der Waals surface area contributed by atoms with Crippen molar-refractivity contribution in [2.45, 2.75) is 0 Å². The standard InChI is InChI=1S/C11H12N2O4/c14-8-7-12-11(15)6-3-9-1-4-10(5-2-9)13(16)17/h1-6,14H,7-8H2,(H,12,15)/b6-3+. The predicted octanol–water partition coefficient (Wildman–Crippen LogP) is 0.716. The third-order valence-corrected chi connectivity index (χ3v) is 1.94. The van der Waals surface area contributed by atoms with E-state index in [4.69, 9.17) is 5.11 Å². The van der Waals surface area contributed by atoms with Crippen LogP contribution in [0.25, 0.3) is 6.08 Å². The molecule has 2 N–H and O–H groups in total. The second-order valence-corrected chi connectivity index (χ2v) is 3.20. The first-order valence-electron chi connectivity index (χ1n) is 4.94.